The highest BCUT2D eigenvalue weighted by molar-refractivity contribution is 7.89. The second kappa shape index (κ2) is 8.92. The van der Waals surface area contributed by atoms with Crippen LogP contribution in [0, 0.1) is 27.7 Å². The van der Waals surface area contributed by atoms with Gasteiger partial charge in [0, 0.05) is 31.7 Å². The summed E-state index contributed by atoms with van der Waals surface area (Å²) in [5, 5.41) is 0. The van der Waals surface area contributed by atoms with Crippen LogP contribution in [0.5, 0.6) is 5.75 Å². The van der Waals surface area contributed by atoms with Crippen LogP contribution in [0.25, 0.3) is 0 Å². The molecule has 9 heteroatoms. The Hall–Kier alpha value is -2.52. The Morgan fingerprint density at radius 2 is 1.55 bits per heavy atom. The van der Waals surface area contributed by atoms with Crippen molar-refractivity contribution < 1.29 is 26.7 Å². The smallest absolute Gasteiger partial charge is 0.387 e. The van der Waals surface area contributed by atoms with Crippen molar-refractivity contribution >= 4 is 15.9 Å². The number of ether oxygens (including phenoxy) is 1. The van der Waals surface area contributed by atoms with Gasteiger partial charge in [-0.2, -0.15) is 13.1 Å². The number of benzene rings is 2. The van der Waals surface area contributed by atoms with Crippen LogP contribution in [-0.2, 0) is 10.0 Å². The summed E-state index contributed by atoms with van der Waals surface area (Å²) in [6.07, 6.45) is 0. The van der Waals surface area contributed by atoms with Gasteiger partial charge < -0.3 is 9.64 Å². The molecule has 2 aromatic rings. The average Bonchev–Trinajstić information content (AvgIpc) is 2.71. The number of rotatable bonds is 5. The molecule has 1 fully saturated rings. The van der Waals surface area contributed by atoms with E-state index in [4.69, 9.17) is 0 Å². The Labute approximate surface area is 181 Å². The van der Waals surface area contributed by atoms with Gasteiger partial charge in [-0.05, 0) is 68.1 Å². The maximum absolute atomic E-state index is 13.4. The zero-order valence-corrected chi connectivity index (χ0v) is 18.8. The summed E-state index contributed by atoms with van der Waals surface area (Å²) < 4.78 is 57.3. The highest BCUT2D eigenvalue weighted by Gasteiger charge is 2.33. The van der Waals surface area contributed by atoms with E-state index >= 15 is 0 Å². The summed E-state index contributed by atoms with van der Waals surface area (Å²) in [5.41, 5.74) is 3.52. The fourth-order valence-electron chi connectivity index (χ4n) is 3.82. The highest BCUT2D eigenvalue weighted by Crippen LogP contribution is 2.29. The predicted octanol–water partition coefficient (Wildman–Crippen LogP) is 3.67. The summed E-state index contributed by atoms with van der Waals surface area (Å²) in [6.45, 7) is 5.16. The highest BCUT2D eigenvalue weighted by atomic mass is 32.2. The molecule has 168 valence electrons. The van der Waals surface area contributed by atoms with Crippen molar-refractivity contribution in [1.82, 2.24) is 9.21 Å². The Balaban J connectivity index is 1.76. The SMILES string of the molecule is Cc1cc(C)c(C)c(S(=O)(=O)N2CCN(C(=O)c3cccc(OC(F)F)c3)CC2)c1C. The molecule has 0 aliphatic carbocycles. The normalized spacial score (nSPS) is 15.4. The molecule has 6 nitrogen and oxygen atoms in total. The van der Waals surface area contributed by atoms with E-state index in [9.17, 15) is 22.0 Å². The third-order valence-corrected chi connectivity index (χ3v) is 7.90. The number of aryl methyl sites for hydroxylation is 2. The summed E-state index contributed by atoms with van der Waals surface area (Å²) in [5.74, 6) is -0.446. The number of piperazine rings is 1. The van der Waals surface area contributed by atoms with E-state index in [1.807, 2.05) is 33.8 Å². The quantitative estimate of drug-likeness (QED) is 0.694. The topological polar surface area (TPSA) is 66.9 Å². The van der Waals surface area contributed by atoms with E-state index in [0.29, 0.717) is 4.90 Å². The lowest BCUT2D eigenvalue weighted by Crippen LogP contribution is -2.50. The van der Waals surface area contributed by atoms with Crippen LogP contribution in [0.2, 0.25) is 0 Å². The second-order valence-electron chi connectivity index (χ2n) is 7.69. The summed E-state index contributed by atoms with van der Waals surface area (Å²) >= 11 is 0. The lowest BCUT2D eigenvalue weighted by Gasteiger charge is -2.35. The summed E-state index contributed by atoms with van der Waals surface area (Å²) in [6, 6.07) is 7.58. The molecule has 0 N–H and O–H groups in total. The van der Waals surface area contributed by atoms with E-state index < -0.39 is 16.6 Å². The van der Waals surface area contributed by atoms with Crippen LogP contribution >= 0.6 is 0 Å². The number of sulfonamides is 1. The van der Waals surface area contributed by atoms with Crippen molar-refractivity contribution in [3.8, 4) is 5.75 Å². The molecule has 0 unspecified atom stereocenters. The number of alkyl halides is 2. The minimum absolute atomic E-state index is 0.0946. The van der Waals surface area contributed by atoms with Gasteiger partial charge in [-0.25, -0.2) is 8.42 Å². The summed E-state index contributed by atoms with van der Waals surface area (Å²) in [7, 11) is -3.71. The largest absolute Gasteiger partial charge is 0.435 e. The van der Waals surface area contributed by atoms with Crippen molar-refractivity contribution in [3.05, 3.63) is 58.1 Å². The van der Waals surface area contributed by atoms with Gasteiger partial charge in [0.05, 0.1) is 4.90 Å². The average molecular weight is 453 g/mol. The molecule has 2 aromatic carbocycles. The molecule has 0 bridgehead atoms. The molecule has 1 aliphatic heterocycles. The molecule has 0 radical (unpaired) electrons. The van der Waals surface area contributed by atoms with Crippen LogP contribution in [0.4, 0.5) is 8.78 Å². The third-order valence-electron chi connectivity index (χ3n) is 5.73. The van der Waals surface area contributed by atoms with Gasteiger partial charge in [0.1, 0.15) is 5.75 Å². The van der Waals surface area contributed by atoms with Gasteiger partial charge in [0.15, 0.2) is 0 Å². The lowest BCUT2D eigenvalue weighted by atomic mass is 10.0. The Kier molecular flexibility index (Phi) is 6.66. The van der Waals surface area contributed by atoms with Crippen LogP contribution in [0.3, 0.4) is 0 Å². The van der Waals surface area contributed by atoms with Crippen molar-refractivity contribution in [3.63, 3.8) is 0 Å². The first-order valence-corrected chi connectivity index (χ1v) is 11.4. The number of hydrogen-bond donors (Lipinski definition) is 0. The fourth-order valence-corrected chi connectivity index (χ4v) is 5.81. The molecular formula is C22H26F2N2O4S. The molecular weight excluding hydrogens is 426 g/mol. The van der Waals surface area contributed by atoms with Gasteiger partial charge in [-0.1, -0.05) is 12.1 Å². The third kappa shape index (κ3) is 4.72. The van der Waals surface area contributed by atoms with Crippen molar-refractivity contribution in [2.45, 2.75) is 39.2 Å². The van der Waals surface area contributed by atoms with Crippen LogP contribution in [0.1, 0.15) is 32.6 Å². The van der Waals surface area contributed by atoms with Gasteiger partial charge >= 0.3 is 6.61 Å². The number of halogens is 2. The molecule has 0 saturated carbocycles. The number of hydrogen-bond acceptors (Lipinski definition) is 4. The standard InChI is InChI=1S/C22H26F2N2O4S/c1-14-12-15(2)17(4)20(16(14)3)31(28,29)26-10-8-25(9-11-26)21(27)18-6-5-7-19(13-18)30-22(23)24/h5-7,12-13,22H,8-11H2,1-4H3. The molecule has 1 heterocycles. The van der Waals surface area contributed by atoms with E-state index in [0.717, 1.165) is 22.3 Å². The zero-order chi connectivity index (χ0) is 22.9. The van der Waals surface area contributed by atoms with Crippen LogP contribution < -0.4 is 4.74 Å². The lowest BCUT2D eigenvalue weighted by molar-refractivity contribution is -0.0499. The Morgan fingerprint density at radius 1 is 0.968 bits per heavy atom. The molecule has 1 amide bonds. The molecule has 1 aliphatic rings. The molecule has 0 spiro atoms. The Morgan fingerprint density at radius 3 is 2.10 bits per heavy atom. The molecule has 31 heavy (non-hydrogen) atoms. The zero-order valence-electron chi connectivity index (χ0n) is 18.0. The van der Waals surface area contributed by atoms with Crippen molar-refractivity contribution in [2.75, 3.05) is 26.2 Å². The monoisotopic (exact) mass is 452 g/mol. The van der Waals surface area contributed by atoms with Gasteiger partial charge in [-0.3, -0.25) is 4.79 Å². The van der Waals surface area contributed by atoms with E-state index in [-0.39, 0.29) is 43.4 Å². The second-order valence-corrected chi connectivity index (χ2v) is 9.57. The number of nitrogens with zero attached hydrogens (tertiary/aromatic N) is 2. The van der Waals surface area contributed by atoms with E-state index in [1.54, 1.807) is 0 Å². The summed E-state index contributed by atoms with van der Waals surface area (Å²) in [4.78, 5) is 14.6. The minimum atomic E-state index is -3.71. The van der Waals surface area contributed by atoms with Crippen LogP contribution in [0.15, 0.2) is 35.2 Å². The number of carbonyl (C=O) groups excluding carboxylic acids is 1. The molecule has 0 atom stereocenters. The first-order chi connectivity index (χ1) is 14.5. The van der Waals surface area contributed by atoms with Gasteiger partial charge in [0.2, 0.25) is 10.0 Å². The van der Waals surface area contributed by atoms with Gasteiger partial charge in [-0.15, -0.1) is 0 Å². The fraction of sp³-hybridized carbons (Fsp3) is 0.409. The predicted molar refractivity (Wildman–Crippen MR) is 113 cm³/mol. The molecule has 3 rings (SSSR count). The maximum atomic E-state index is 13.4. The number of carbonyl (C=O) groups is 1. The van der Waals surface area contributed by atoms with Crippen LogP contribution in [-0.4, -0.2) is 56.3 Å². The van der Waals surface area contributed by atoms with E-state index in [1.165, 1.54) is 33.5 Å². The first kappa shape index (κ1) is 23.1. The Bertz CT molecular complexity index is 1070. The first-order valence-electron chi connectivity index (χ1n) is 9.94. The van der Waals surface area contributed by atoms with Gasteiger partial charge in [0.25, 0.3) is 5.91 Å². The molecule has 0 aromatic heterocycles. The van der Waals surface area contributed by atoms with E-state index in [2.05, 4.69) is 4.74 Å². The van der Waals surface area contributed by atoms with Crippen molar-refractivity contribution in [2.24, 2.45) is 0 Å². The van der Waals surface area contributed by atoms with Crippen molar-refractivity contribution in [1.29, 1.82) is 0 Å². The number of amides is 1. The minimum Gasteiger partial charge on any atom is -0.435 e. The molecule has 1 saturated heterocycles. The maximum Gasteiger partial charge on any atom is 0.387 e.